The molecule has 0 amide bonds. The number of ketones is 1. The molecule has 0 bridgehead atoms. The maximum atomic E-state index is 13.1. The third-order valence-corrected chi connectivity index (χ3v) is 5.13. The van der Waals surface area contributed by atoms with Crippen LogP contribution in [0.2, 0.25) is 0 Å². The average molecular weight is 382 g/mol. The highest BCUT2D eigenvalue weighted by Crippen LogP contribution is 2.30. The van der Waals surface area contributed by atoms with Gasteiger partial charge in [0.15, 0.2) is 5.78 Å². The van der Waals surface area contributed by atoms with Crippen LogP contribution in [0.4, 0.5) is 14.5 Å². The summed E-state index contributed by atoms with van der Waals surface area (Å²) in [5.41, 5.74) is 2.15. The van der Waals surface area contributed by atoms with Crippen molar-refractivity contribution in [2.45, 2.75) is 25.3 Å². The lowest BCUT2D eigenvalue weighted by Gasteiger charge is -2.28. The summed E-state index contributed by atoms with van der Waals surface area (Å²) >= 11 is 0. The van der Waals surface area contributed by atoms with E-state index in [9.17, 15) is 13.6 Å². The molecule has 1 N–H and O–H groups in total. The maximum absolute atomic E-state index is 13.1. The third kappa shape index (κ3) is 3.93. The molecule has 2 atom stereocenters. The molecule has 0 saturated heterocycles. The van der Waals surface area contributed by atoms with Crippen molar-refractivity contribution in [2.24, 2.45) is 5.92 Å². The van der Waals surface area contributed by atoms with Crippen LogP contribution in [0.15, 0.2) is 54.7 Å². The van der Waals surface area contributed by atoms with E-state index in [0.717, 1.165) is 30.5 Å². The second kappa shape index (κ2) is 7.88. The van der Waals surface area contributed by atoms with E-state index in [1.807, 2.05) is 0 Å². The summed E-state index contributed by atoms with van der Waals surface area (Å²) in [5, 5.41) is 11.5. The van der Waals surface area contributed by atoms with Crippen molar-refractivity contribution in [2.75, 3.05) is 11.9 Å². The van der Waals surface area contributed by atoms with Crippen LogP contribution in [0.25, 0.3) is 11.3 Å². The SMILES string of the molecule is O=C1C(n2cc(-c3ccc(F)cc3)nn2)CCC[C@H]1CNc1ccc(F)cc1. The minimum Gasteiger partial charge on any atom is -0.384 e. The Kier molecular flexibility index (Phi) is 5.14. The Balaban J connectivity index is 1.44. The van der Waals surface area contributed by atoms with Gasteiger partial charge in [-0.25, -0.2) is 13.5 Å². The van der Waals surface area contributed by atoms with Crippen molar-refractivity contribution in [3.8, 4) is 11.3 Å². The molecule has 0 spiro atoms. The molecule has 28 heavy (non-hydrogen) atoms. The van der Waals surface area contributed by atoms with E-state index >= 15 is 0 Å². The Morgan fingerprint density at radius 3 is 2.39 bits per heavy atom. The number of rotatable bonds is 5. The summed E-state index contributed by atoms with van der Waals surface area (Å²) in [6.07, 6.45) is 4.19. The van der Waals surface area contributed by atoms with Gasteiger partial charge in [0.2, 0.25) is 0 Å². The Morgan fingerprint density at radius 1 is 1.00 bits per heavy atom. The average Bonchev–Trinajstić information content (AvgIpc) is 3.19. The zero-order valence-corrected chi connectivity index (χ0v) is 15.2. The van der Waals surface area contributed by atoms with Crippen LogP contribution in [0.3, 0.4) is 0 Å². The molecule has 1 heterocycles. The first-order valence-corrected chi connectivity index (χ1v) is 9.31. The predicted octanol–water partition coefficient (Wildman–Crippen LogP) is 4.25. The number of carbonyl (C=O) groups excluding carboxylic acids is 1. The van der Waals surface area contributed by atoms with Crippen LogP contribution in [0.5, 0.6) is 0 Å². The lowest BCUT2D eigenvalue weighted by Crippen LogP contribution is -2.34. The molecule has 1 aromatic heterocycles. The standard InChI is InChI=1S/C21H20F2N4O/c22-16-6-4-14(5-7-16)19-13-27(26-25-19)20-3-1-2-15(21(20)28)12-24-18-10-8-17(23)9-11-18/h4-11,13,15,20,24H,1-3,12H2/t15-,20?/m0/s1. The normalized spacial score (nSPS) is 19.6. The molecule has 5 nitrogen and oxygen atoms in total. The molecule has 4 rings (SSSR count). The number of nitrogens with one attached hydrogen (secondary N) is 1. The first-order valence-electron chi connectivity index (χ1n) is 9.31. The second-order valence-corrected chi connectivity index (χ2v) is 7.02. The third-order valence-electron chi connectivity index (χ3n) is 5.13. The number of nitrogens with zero attached hydrogens (tertiary/aromatic N) is 3. The van der Waals surface area contributed by atoms with Gasteiger partial charge in [-0.1, -0.05) is 11.6 Å². The number of hydrogen-bond acceptors (Lipinski definition) is 4. The fourth-order valence-corrected chi connectivity index (χ4v) is 3.57. The molecule has 1 aliphatic rings. The summed E-state index contributed by atoms with van der Waals surface area (Å²) in [4.78, 5) is 13.0. The molecule has 1 aliphatic carbocycles. The van der Waals surface area contributed by atoms with Gasteiger partial charge in [-0.2, -0.15) is 0 Å². The molecule has 1 fully saturated rings. The summed E-state index contributed by atoms with van der Waals surface area (Å²) in [6.45, 7) is 0.500. The van der Waals surface area contributed by atoms with E-state index in [-0.39, 0.29) is 29.4 Å². The van der Waals surface area contributed by atoms with Crippen LogP contribution in [0.1, 0.15) is 25.3 Å². The molecular formula is C21H20F2N4O. The Labute approximate surface area is 161 Å². The maximum Gasteiger partial charge on any atom is 0.162 e. The lowest BCUT2D eigenvalue weighted by molar-refractivity contribution is -0.128. The van der Waals surface area contributed by atoms with Gasteiger partial charge in [-0.15, -0.1) is 5.10 Å². The summed E-state index contributed by atoms with van der Waals surface area (Å²) in [5.74, 6) is -0.615. The molecule has 1 saturated carbocycles. The smallest absolute Gasteiger partial charge is 0.162 e. The zero-order chi connectivity index (χ0) is 19.5. The molecule has 3 aromatic rings. The van der Waals surface area contributed by atoms with Gasteiger partial charge in [0.25, 0.3) is 0 Å². The van der Waals surface area contributed by atoms with Crippen molar-refractivity contribution in [1.29, 1.82) is 0 Å². The summed E-state index contributed by atoms with van der Waals surface area (Å²) in [6, 6.07) is 11.8. The number of benzene rings is 2. The molecule has 0 aliphatic heterocycles. The molecular weight excluding hydrogens is 362 g/mol. The first kappa shape index (κ1) is 18.3. The van der Waals surface area contributed by atoms with Gasteiger partial charge in [0.1, 0.15) is 23.4 Å². The minimum absolute atomic E-state index is 0.122. The number of aromatic nitrogens is 3. The minimum atomic E-state index is -0.351. The monoisotopic (exact) mass is 382 g/mol. The molecule has 1 unspecified atom stereocenters. The lowest BCUT2D eigenvalue weighted by atomic mass is 9.84. The van der Waals surface area contributed by atoms with Crippen molar-refractivity contribution >= 4 is 11.5 Å². The Morgan fingerprint density at radius 2 is 1.68 bits per heavy atom. The van der Waals surface area contributed by atoms with Crippen molar-refractivity contribution in [1.82, 2.24) is 15.0 Å². The van der Waals surface area contributed by atoms with E-state index in [4.69, 9.17) is 0 Å². The van der Waals surface area contributed by atoms with E-state index in [1.54, 1.807) is 35.1 Å². The van der Waals surface area contributed by atoms with Crippen molar-refractivity contribution < 1.29 is 13.6 Å². The Bertz CT molecular complexity index is 953. The highest BCUT2D eigenvalue weighted by molar-refractivity contribution is 5.86. The van der Waals surface area contributed by atoms with Crippen LogP contribution in [0, 0.1) is 17.6 Å². The number of carbonyl (C=O) groups is 1. The van der Waals surface area contributed by atoms with Gasteiger partial charge in [-0.3, -0.25) is 4.79 Å². The van der Waals surface area contributed by atoms with Gasteiger partial charge in [0.05, 0.1) is 6.20 Å². The molecule has 2 aromatic carbocycles. The van der Waals surface area contributed by atoms with E-state index in [2.05, 4.69) is 15.6 Å². The molecule has 0 radical (unpaired) electrons. The van der Waals surface area contributed by atoms with Crippen LogP contribution >= 0.6 is 0 Å². The fourth-order valence-electron chi connectivity index (χ4n) is 3.57. The largest absolute Gasteiger partial charge is 0.384 e. The number of halogens is 2. The van der Waals surface area contributed by atoms with Crippen molar-refractivity contribution in [3.05, 3.63) is 66.4 Å². The highest BCUT2D eigenvalue weighted by Gasteiger charge is 2.33. The van der Waals surface area contributed by atoms with Crippen LogP contribution in [-0.4, -0.2) is 27.3 Å². The number of hydrogen-bond donors (Lipinski definition) is 1. The quantitative estimate of drug-likeness (QED) is 0.717. The summed E-state index contributed by atoms with van der Waals surface area (Å²) < 4.78 is 27.7. The highest BCUT2D eigenvalue weighted by atomic mass is 19.1. The topological polar surface area (TPSA) is 59.8 Å². The fraction of sp³-hybridized carbons (Fsp3) is 0.286. The first-order chi connectivity index (χ1) is 13.6. The summed E-state index contributed by atoms with van der Waals surface area (Å²) in [7, 11) is 0. The number of Topliss-reactive ketones (excluding diaryl/α,β-unsaturated/α-hetero) is 1. The second-order valence-electron chi connectivity index (χ2n) is 7.02. The van der Waals surface area contributed by atoms with Crippen molar-refractivity contribution in [3.63, 3.8) is 0 Å². The van der Waals surface area contributed by atoms with Crippen LogP contribution in [-0.2, 0) is 4.79 Å². The van der Waals surface area contributed by atoms with Crippen LogP contribution < -0.4 is 5.32 Å². The Hall–Kier alpha value is -3.09. The number of anilines is 1. The molecule has 7 heteroatoms. The van der Waals surface area contributed by atoms with E-state index < -0.39 is 0 Å². The van der Waals surface area contributed by atoms with Gasteiger partial charge in [0, 0.05) is 23.7 Å². The predicted molar refractivity (Wildman–Crippen MR) is 102 cm³/mol. The van der Waals surface area contributed by atoms with Gasteiger partial charge < -0.3 is 5.32 Å². The van der Waals surface area contributed by atoms with E-state index in [0.29, 0.717) is 12.2 Å². The van der Waals surface area contributed by atoms with Gasteiger partial charge >= 0.3 is 0 Å². The molecule has 144 valence electrons. The van der Waals surface area contributed by atoms with E-state index in [1.165, 1.54) is 24.3 Å². The van der Waals surface area contributed by atoms with Gasteiger partial charge in [-0.05, 0) is 61.4 Å². The zero-order valence-electron chi connectivity index (χ0n) is 15.2.